The van der Waals surface area contributed by atoms with Crippen LogP contribution in [-0.4, -0.2) is 50.9 Å². The summed E-state index contributed by atoms with van der Waals surface area (Å²) in [5.41, 5.74) is 3.12. The zero-order chi connectivity index (χ0) is 19.6. The third kappa shape index (κ3) is 3.99. The summed E-state index contributed by atoms with van der Waals surface area (Å²) >= 11 is 7.66. The molecule has 1 aliphatic rings. The Balaban J connectivity index is 1.33. The summed E-state index contributed by atoms with van der Waals surface area (Å²) in [5, 5.41) is 18.4. The lowest BCUT2D eigenvalue weighted by Crippen LogP contribution is -2.31. The second-order valence-corrected chi connectivity index (χ2v) is 8.46. The number of hydrogen-bond acceptors (Lipinski definition) is 6. The van der Waals surface area contributed by atoms with Crippen LogP contribution < -0.4 is 4.90 Å². The molecule has 5 rings (SSSR count). The Morgan fingerprint density at radius 3 is 2.66 bits per heavy atom. The molecule has 8 heteroatoms. The van der Waals surface area contributed by atoms with Crippen LogP contribution in [0.5, 0.6) is 0 Å². The maximum atomic E-state index is 6.01. The number of fused-ring (bicyclic) bond motifs is 1. The van der Waals surface area contributed by atoms with Gasteiger partial charge in [-0.05, 0) is 47.7 Å². The molecule has 4 heterocycles. The Hall–Kier alpha value is -2.48. The van der Waals surface area contributed by atoms with Crippen molar-refractivity contribution in [1.82, 2.24) is 24.7 Å². The van der Waals surface area contributed by atoms with Crippen molar-refractivity contribution in [3.05, 3.63) is 63.8 Å². The van der Waals surface area contributed by atoms with Crippen LogP contribution in [0, 0.1) is 0 Å². The lowest BCUT2D eigenvalue weighted by atomic mass is 10.2. The van der Waals surface area contributed by atoms with Gasteiger partial charge in [0.05, 0.1) is 0 Å². The molecule has 0 saturated carbocycles. The monoisotopic (exact) mass is 424 g/mol. The number of aromatic nitrogens is 4. The highest BCUT2D eigenvalue weighted by molar-refractivity contribution is 7.08. The van der Waals surface area contributed by atoms with E-state index in [0.29, 0.717) is 0 Å². The van der Waals surface area contributed by atoms with Gasteiger partial charge in [0.1, 0.15) is 5.82 Å². The second kappa shape index (κ2) is 8.10. The van der Waals surface area contributed by atoms with Gasteiger partial charge in [-0.3, -0.25) is 4.90 Å². The molecular weight excluding hydrogens is 404 g/mol. The minimum Gasteiger partial charge on any atom is -0.354 e. The first-order valence-corrected chi connectivity index (χ1v) is 11.1. The van der Waals surface area contributed by atoms with Gasteiger partial charge in [-0.1, -0.05) is 23.7 Å². The van der Waals surface area contributed by atoms with Crippen molar-refractivity contribution >= 4 is 34.4 Å². The van der Waals surface area contributed by atoms with Crippen LogP contribution in [-0.2, 0) is 6.54 Å². The summed E-state index contributed by atoms with van der Waals surface area (Å²) in [4.78, 5) is 4.86. The van der Waals surface area contributed by atoms with E-state index in [9.17, 15) is 0 Å². The topological polar surface area (TPSA) is 49.6 Å². The highest BCUT2D eigenvalue weighted by Gasteiger charge is 2.18. The number of anilines is 1. The van der Waals surface area contributed by atoms with Crippen molar-refractivity contribution in [2.24, 2.45) is 0 Å². The van der Waals surface area contributed by atoms with Crippen LogP contribution in [0.25, 0.3) is 17.0 Å². The summed E-state index contributed by atoms with van der Waals surface area (Å²) in [6.07, 6.45) is 1.10. The maximum absolute atomic E-state index is 6.01. The van der Waals surface area contributed by atoms with Gasteiger partial charge in [0, 0.05) is 48.7 Å². The Labute approximate surface area is 178 Å². The molecule has 0 N–H and O–H groups in total. The fraction of sp³-hybridized carbons (Fsp3) is 0.286. The van der Waals surface area contributed by atoms with Crippen molar-refractivity contribution in [3.8, 4) is 11.4 Å². The standard InChI is InChI=1S/C21H21ClN6S/c22-18-4-2-16(3-5-18)14-26-9-1-10-27(12-11-26)20-7-6-19-23-24-21(28(19)25-20)17-8-13-29-15-17/h2-8,13,15H,1,9-12,14H2. The molecule has 6 nitrogen and oxygen atoms in total. The molecule has 1 aliphatic heterocycles. The van der Waals surface area contributed by atoms with E-state index in [1.165, 1.54) is 5.56 Å². The quantitative estimate of drug-likeness (QED) is 0.491. The molecule has 0 atom stereocenters. The molecule has 0 bridgehead atoms. The molecular formula is C21H21ClN6S. The zero-order valence-electron chi connectivity index (χ0n) is 15.9. The minimum atomic E-state index is 0.772. The molecule has 0 amide bonds. The van der Waals surface area contributed by atoms with Crippen molar-refractivity contribution in [3.63, 3.8) is 0 Å². The molecule has 148 valence electrons. The van der Waals surface area contributed by atoms with Crippen LogP contribution >= 0.6 is 22.9 Å². The third-order valence-electron chi connectivity index (χ3n) is 5.26. The van der Waals surface area contributed by atoms with Crippen molar-refractivity contribution in [2.45, 2.75) is 13.0 Å². The van der Waals surface area contributed by atoms with Gasteiger partial charge in [0.25, 0.3) is 0 Å². The number of thiophene rings is 1. The number of hydrogen-bond donors (Lipinski definition) is 0. The molecule has 29 heavy (non-hydrogen) atoms. The summed E-state index contributed by atoms with van der Waals surface area (Å²) in [7, 11) is 0. The highest BCUT2D eigenvalue weighted by Crippen LogP contribution is 2.22. The van der Waals surface area contributed by atoms with Crippen LogP contribution in [0.2, 0.25) is 5.02 Å². The maximum Gasteiger partial charge on any atom is 0.186 e. The molecule has 4 aromatic rings. The number of rotatable bonds is 4. The largest absolute Gasteiger partial charge is 0.354 e. The second-order valence-electron chi connectivity index (χ2n) is 7.24. The van der Waals surface area contributed by atoms with E-state index in [1.807, 2.05) is 28.1 Å². The van der Waals surface area contributed by atoms with Crippen LogP contribution in [0.1, 0.15) is 12.0 Å². The normalized spacial score (nSPS) is 15.7. The summed E-state index contributed by atoms with van der Waals surface area (Å²) < 4.78 is 1.85. The Kier molecular flexibility index (Phi) is 5.18. The smallest absolute Gasteiger partial charge is 0.186 e. The average Bonchev–Trinajstić information content (AvgIpc) is 3.35. The molecule has 0 radical (unpaired) electrons. The summed E-state index contributed by atoms with van der Waals surface area (Å²) in [5.74, 6) is 1.77. The zero-order valence-corrected chi connectivity index (χ0v) is 17.5. The molecule has 3 aromatic heterocycles. The van der Waals surface area contributed by atoms with Gasteiger partial charge in [0.15, 0.2) is 11.5 Å². The summed E-state index contributed by atoms with van der Waals surface area (Å²) in [6, 6.07) is 14.2. The lowest BCUT2D eigenvalue weighted by molar-refractivity contribution is 0.285. The van der Waals surface area contributed by atoms with Gasteiger partial charge in [-0.2, -0.15) is 15.9 Å². The predicted molar refractivity (Wildman–Crippen MR) is 118 cm³/mol. The first-order valence-electron chi connectivity index (χ1n) is 9.73. The van der Waals surface area contributed by atoms with Crippen molar-refractivity contribution < 1.29 is 0 Å². The highest BCUT2D eigenvalue weighted by atomic mass is 35.5. The van der Waals surface area contributed by atoms with Gasteiger partial charge in [0.2, 0.25) is 0 Å². The SMILES string of the molecule is Clc1ccc(CN2CCCN(c3ccc4nnc(-c5ccsc5)n4n3)CC2)cc1. The van der Waals surface area contributed by atoms with E-state index in [2.05, 4.69) is 49.6 Å². The van der Waals surface area contributed by atoms with Crippen LogP contribution in [0.4, 0.5) is 5.82 Å². The van der Waals surface area contributed by atoms with E-state index < -0.39 is 0 Å². The van der Waals surface area contributed by atoms with E-state index in [-0.39, 0.29) is 0 Å². The fourth-order valence-electron chi connectivity index (χ4n) is 3.73. The predicted octanol–water partition coefficient (Wildman–Crippen LogP) is 4.22. The van der Waals surface area contributed by atoms with Crippen LogP contribution in [0.15, 0.2) is 53.2 Å². The van der Waals surface area contributed by atoms with Gasteiger partial charge in [-0.25, -0.2) is 0 Å². The molecule has 1 fully saturated rings. The lowest BCUT2D eigenvalue weighted by Gasteiger charge is -2.22. The third-order valence-corrected chi connectivity index (χ3v) is 6.20. The number of benzene rings is 1. The van der Waals surface area contributed by atoms with E-state index in [0.717, 1.165) is 67.0 Å². The Morgan fingerprint density at radius 1 is 0.931 bits per heavy atom. The first-order chi connectivity index (χ1) is 14.3. The Morgan fingerprint density at radius 2 is 1.83 bits per heavy atom. The molecule has 1 aromatic carbocycles. The van der Waals surface area contributed by atoms with Gasteiger partial charge in [-0.15, -0.1) is 15.3 Å². The fourth-order valence-corrected chi connectivity index (χ4v) is 4.49. The first kappa shape index (κ1) is 18.5. The van der Waals surface area contributed by atoms with Gasteiger partial charge < -0.3 is 4.90 Å². The summed E-state index contributed by atoms with van der Waals surface area (Å²) in [6.45, 7) is 4.97. The molecule has 1 saturated heterocycles. The molecule has 0 spiro atoms. The molecule has 0 aliphatic carbocycles. The average molecular weight is 425 g/mol. The van der Waals surface area contributed by atoms with Crippen molar-refractivity contribution in [2.75, 3.05) is 31.1 Å². The van der Waals surface area contributed by atoms with E-state index in [1.54, 1.807) is 11.3 Å². The molecule has 0 unspecified atom stereocenters. The van der Waals surface area contributed by atoms with E-state index >= 15 is 0 Å². The van der Waals surface area contributed by atoms with Gasteiger partial charge >= 0.3 is 0 Å². The van der Waals surface area contributed by atoms with E-state index in [4.69, 9.17) is 16.7 Å². The number of nitrogens with zero attached hydrogens (tertiary/aromatic N) is 6. The number of halogens is 1. The van der Waals surface area contributed by atoms with Crippen molar-refractivity contribution in [1.29, 1.82) is 0 Å². The van der Waals surface area contributed by atoms with Crippen LogP contribution in [0.3, 0.4) is 0 Å². The minimum absolute atomic E-state index is 0.772. The Bertz CT molecular complexity index is 1090.